The molecule has 3 rings (SSSR count). The Morgan fingerprint density at radius 2 is 1.78 bits per heavy atom. The number of carbonyl (C=O) groups is 4. The van der Waals surface area contributed by atoms with Gasteiger partial charge in [0, 0.05) is 30.5 Å². The Bertz CT molecular complexity index is 1040. The monoisotopic (exact) mass is 457 g/mol. The molecule has 1 heterocycles. The molecular weight excluding hydrogens is 430 g/mol. The number of thiazole rings is 1. The van der Waals surface area contributed by atoms with Crippen molar-refractivity contribution in [3.8, 4) is 0 Å². The van der Waals surface area contributed by atoms with Gasteiger partial charge in [0.2, 0.25) is 5.91 Å². The molecule has 1 fully saturated rings. The number of anilines is 2. The molecule has 1 saturated carbocycles. The zero-order valence-corrected chi connectivity index (χ0v) is 19.1. The zero-order valence-electron chi connectivity index (χ0n) is 18.3. The van der Waals surface area contributed by atoms with Crippen LogP contribution in [0.3, 0.4) is 0 Å². The second kappa shape index (κ2) is 10.4. The molecule has 4 N–H and O–H groups in total. The van der Waals surface area contributed by atoms with Crippen LogP contribution in [-0.2, 0) is 11.2 Å². The number of benzene rings is 1. The van der Waals surface area contributed by atoms with Gasteiger partial charge in [0.25, 0.3) is 5.91 Å². The van der Waals surface area contributed by atoms with Gasteiger partial charge in [0.15, 0.2) is 10.9 Å². The number of Topliss-reactive ketones (excluding diaryl/α,β-unsaturated/α-hetero) is 1. The van der Waals surface area contributed by atoms with Crippen LogP contribution >= 0.6 is 11.3 Å². The molecule has 0 aliphatic heterocycles. The Kier molecular flexibility index (Phi) is 7.57. The first-order valence-corrected chi connectivity index (χ1v) is 11.3. The summed E-state index contributed by atoms with van der Waals surface area (Å²) in [5.41, 5.74) is 1.72. The largest absolute Gasteiger partial charge is 0.359 e. The minimum Gasteiger partial charge on any atom is -0.359 e. The normalized spacial score (nSPS) is 13.5. The topological polar surface area (TPSA) is 129 Å². The fourth-order valence-corrected chi connectivity index (χ4v) is 4.53. The number of nitrogens with zero attached hydrogens (tertiary/aromatic N) is 1. The van der Waals surface area contributed by atoms with Crippen molar-refractivity contribution >= 4 is 45.8 Å². The quantitative estimate of drug-likeness (QED) is 0.475. The predicted octanol–water partition coefficient (Wildman–Crippen LogP) is 3.12. The van der Waals surface area contributed by atoms with Gasteiger partial charge in [-0.2, -0.15) is 0 Å². The zero-order chi connectivity index (χ0) is 23.3. The number of carbonyl (C=O) groups excluding carboxylic acids is 4. The summed E-state index contributed by atoms with van der Waals surface area (Å²) in [6, 6.07) is 4.47. The molecule has 0 atom stereocenters. The van der Waals surface area contributed by atoms with Gasteiger partial charge in [-0.05, 0) is 37.5 Å². The van der Waals surface area contributed by atoms with E-state index in [0.29, 0.717) is 21.7 Å². The molecular formula is C22H27N5O4S. The lowest BCUT2D eigenvalue weighted by Crippen LogP contribution is -2.23. The summed E-state index contributed by atoms with van der Waals surface area (Å²) in [5, 5.41) is 10.7. The van der Waals surface area contributed by atoms with Crippen molar-refractivity contribution in [1.29, 1.82) is 0 Å². The van der Waals surface area contributed by atoms with Crippen molar-refractivity contribution in [2.24, 2.45) is 5.92 Å². The summed E-state index contributed by atoms with van der Waals surface area (Å²) < 4.78 is 0. The van der Waals surface area contributed by atoms with Crippen molar-refractivity contribution in [2.75, 3.05) is 24.7 Å². The fourth-order valence-electron chi connectivity index (χ4n) is 3.73. The van der Waals surface area contributed by atoms with Crippen LogP contribution in [0.25, 0.3) is 0 Å². The van der Waals surface area contributed by atoms with E-state index in [1.807, 2.05) is 0 Å². The van der Waals surface area contributed by atoms with Crippen molar-refractivity contribution in [2.45, 2.75) is 39.0 Å². The Balaban J connectivity index is 1.81. The van der Waals surface area contributed by atoms with Crippen molar-refractivity contribution in [3.05, 3.63) is 39.9 Å². The first kappa shape index (κ1) is 23.4. The van der Waals surface area contributed by atoms with Crippen LogP contribution in [0.2, 0.25) is 0 Å². The standard InChI is InChI=1S/C22H27N5O4S/c1-12-18(20(30)24-3)26-22(32-12)27-21(31)25-16-9-8-13(11-17(28)23-2)10-15(16)19(29)14-6-4-5-7-14/h8-10,14H,4-7,11H2,1-3H3,(H,23,28)(H,24,30)(H2,25,26,27,31). The maximum Gasteiger partial charge on any atom is 0.325 e. The average molecular weight is 458 g/mol. The smallest absolute Gasteiger partial charge is 0.325 e. The van der Waals surface area contributed by atoms with E-state index >= 15 is 0 Å². The van der Waals surface area contributed by atoms with Gasteiger partial charge >= 0.3 is 6.03 Å². The highest BCUT2D eigenvalue weighted by Crippen LogP contribution is 2.31. The molecule has 0 radical (unpaired) electrons. The highest BCUT2D eigenvalue weighted by molar-refractivity contribution is 7.16. The van der Waals surface area contributed by atoms with Crippen molar-refractivity contribution < 1.29 is 19.2 Å². The molecule has 1 aromatic carbocycles. The first-order valence-electron chi connectivity index (χ1n) is 10.5. The molecule has 1 aliphatic rings. The summed E-state index contributed by atoms with van der Waals surface area (Å²) >= 11 is 1.18. The molecule has 10 heteroatoms. The summed E-state index contributed by atoms with van der Waals surface area (Å²) in [5.74, 6) is -0.591. The van der Waals surface area contributed by atoms with Crippen LogP contribution in [0.1, 0.15) is 57.0 Å². The SMILES string of the molecule is CNC(=O)Cc1ccc(NC(=O)Nc2nc(C(=O)NC)c(C)s2)c(C(=O)C2CCCC2)c1. The number of aromatic nitrogens is 1. The maximum atomic E-state index is 13.1. The minimum atomic E-state index is -0.568. The Morgan fingerprint density at radius 3 is 2.44 bits per heavy atom. The number of hydrogen-bond donors (Lipinski definition) is 4. The predicted molar refractivity (Wildman–Crippen MR) is 123 cm³/mol. The number of hydrogen-bond acceptors (Lipinski definition) is 6. The highest BCUT2D eigenvalue weighted by Gasteiger charge is 2.26. The van der Waals surface area contributed by atoms with Gasteiger partial charge in [-0.1, -0.05) is 18.9 Å². The van der Waals surface area contributed by atoms with E-state index < -0.39 is 6.03 Å². The van der Waals surface area contributed by atoms with Gasteiger partial charge in [-0.3, -0.25) is 19.7 Å². The molecule has 1 aliphatic carbocycles. The van der Waals surface area contributed by atoms with Crippen LogP contribution in [0, 0.1) is 12.8 Å². The van der Waals surface area contributed by atoms with Gasteiger partial charge in [0.05, 0.1) is 12.1 Å². The molecule has 4 amide bonds. The first-order chi connectivity index (χ1) is 15.3. The van der Waals surface area contributed by atoms with E-state index in [0.717, 1.165) is 25.7 Å². The average Bonchev–Trinajstić information content (AvgIpc) is 3.43. The molecule has 170 valence electrons. The fraction of sp³-hybridized carbons (Fsp3) is 0.409. The third-order valence-electron chi connectivity index (χ3n) is 5.43. The van der Waals surface area contributed by atoms with Gasteiger partial charge in [-0.15, -0.1) is 11.3 Å². The number of ketones is 1. The molecule has 1 aromatic heterocycles. The van der Waals surface area contributed by atoms with E-state index in [1.165, 1.54) is 18.4 Å². The van der Waals surface area contributed by atoms with E-state index in [4.69, 9.17) is 0 Å². The number of urea groups is 1. The Hall–Kier alpha value is -3.27. The second-order valence-electron chi connectivity index (χ2n) is 7.66. The van der Waals surface area contributed by atoms with Crippen LogP contribution in [0.5, 0.6) is 0 Å². The van der Waals surface area contributed by atoms with E-state index in [2.05, 4.69) is 26.3 Å². The molecule has 32 heavy (non-hydrogen) atoms. The lowest BCUT2D eigenvalue weighted by Gasteiger charge is -2.15. The third kappa shape index (κ3) is 5.50. The molecule has 0 bridgehead atoms. The van der Waals surface area contributed by atoms with Gasteiger partial charge in [-0.25, -0.2) is 9.78 Å². The van der Waals surface area contributed by atoms with Gasteiger partial charge in [0.1, 0.15) is 5.69 Å². The molecule has 2 aromatic rings. The van der Waals surface area contributed by atoms with E-state index in [-0.39, 0.29) is 40.8 Å². The summed E-state index contributed by atoms with van der Waals surface area (Å²) in [4.78, 5) is 54.2. The van der Waals surface area contributed by atoms with Crippen LogP contribution in [0.15, 0.2) is 18.2 Å². The van der Waals surface area contributed by atoms with Crippen LogP contribution in [-0.4, -0.2) is 42.7 Å². The lowest BCUT2D eigenvalue weighted by atomic mass is 9.93. The molecule has 0 unspecified atom stereocenters. The summed E-state index contributed by atoms with van der Waals surface area (Å²) in [6.07, 6.45) is 3.81. The summed E-state index contributed by atoms with van der Waals surface area (Å²) in [7, 11) is 3.07. The van der Waals surface area contributed by atoms with Gasteiger partial charge < -0.3 is 16.0 Å². The minimum absolute atomic E-state index is 0.0245. The van der Waals surface area contributed by atoms with E-state index in [9.17, 15) is 19.2 Å². The number of nitrogens with one attached hydrogen (secondary N) is 4. The number of amides is 4. The number of aryl methyl sites for hydroxylation is 1. The van der Waals surface area contributed by atoms with Crippen molar-refractivity contribution in [1.82, 2.24) is 15.6 Å². The van der Waals surface area contributed by atoms with Crippen molar-refractivity contribution in [3.63, 3.8) is 0 Å². The third-order valence-corrected chi connectivity index (χ3v) is 6.31. The molecule has 0 saturated heterocycles. The Morgan fingerprint density at radius 1 is 1.06 bits per heavy atom. The maximum absolute atomic E-state index is 13.1. The summed E-state index contributed by atoms with van der Waals surface area (Å²) in [6.45, 7) is 1.74. The van der Waals surface area contributed by atoms with Crippen LogP contribution < -0.4 is 21.3 Å². The Labute approximate surface area is 190 Å². The second-order valence-corrected chi connectivity index (χ2v) is 8.86. The van der Waals surface area contributed by atoms with Crippen LogP contribution in [0.4, 0.5) is 15.6 Å². The van der Waals surface area contributed by atoms with E-state index in [1.54, 1.807) is 32.2 Å². The molecule has 9 nitrogen and oxygen atoms in total. The number of likely N-dealkylation sites (N-methyl/N-ethyl adjacent to an activating group) is 1. The number of rotatable bonds is 7. The lowest BCUT2D eigenvalue weighted by molar-refractivity contribution is -0.119. The molecule has 0 spiro atoms. The highest BCUT2D eigenvalue weighted by atomic mass is 32.1.